The van der Waals surface area contributed by atoms with Gasteiger partial charge >= 0.3 is 0 Å². The molecule has 0 saturated carbocycles. The number of nitrogens with zero attached hydrogens (tertiary/aromatic N) is 1. The maximum absolute atomic E-state index is 12.6. The highest BCUT2D eigenvalue weighted by Gasteiger charge is 2.23. The van der Waals surface area contributed by atoms with Crippen molar-refractivity contribution in [2.45, 2.75) is 44.8 Å². The topological polar surface area (TPSA) is 87.7 Å². The minimum atomic E-state index is -3.64. The summed E-state index contributed by atoms with van der Waals surface area (Å²) in [4.78, 5) is 13.5. The minimum Gasteiger partial charge on any atom is -0.373 e. The molecule has 1 amide bonds. The summed E-state index contributed by atoms with van der Waals surface area (Å²) < 4.78 is 33.5. The van der Waals surface area contributed by atoms with Crippen molar-refractivity contribution < 1.29 is 17.9 Å². The Morgan fingerprint density at radius 3 is 2.52 bits per heavy atom. The van der Waals surface area contributed by atoms with Crippen LogP contribution in [0.5, 0.6) is 0 Å². The molecule has 0 radical (unpaired) electrons. The van der Waals surface area contributed by atoms with Crippen molar-refractivity contribution in [3.63, 3.8) is 0 Å². The van der Waals surface area contributed by atoms with Gasteiger partial charge in [-0.3, -0.25) is 9.69 Å². The lowest BCUT2D eigenvalue weighted by Gasteiger charge is -2.35. The molecule has 1 fully saturated rings. The fourth-order valence-corrected chi connectivity index (χ4v) is 4.34. The summed E-state index contributed by atoms with van der Waals surface area (Å²) >= 11 is 0. The molecule has 0 aliphatic carbocycles. The lowest BCUT2D eigenvalue weighted by Crippen LogP contribution is -2.47. The number of morpholine rings is 1. The Balaban J connectivity index is 2.00. The average molecular weight is 369 g/mol. The molecule has 2 unspecified atom stereocenters. The molecule has 2 atom stereocenters. The molecule has 2 rings (SSSR count). The molecule has 2 N–H and O–H groups in total. The second-order valence-electron chi connectivity index (χ2n) is 6.58. The number of hydrogen-bond acceptors (Lipinski definition) is 5. The van der Waals surface area contributed by atoms with Gasteiger partial charge in [-0.15, -0.1) is 0 Å². The molecule has 25 heavy (non-hydrogen) atoms. The highest BCUT2D eigenvalue weighted by Crippen LogP contribution is 2.20. The van der Waals surface area contributed by atoms with E-state index in [9.17, 15) is 13.2 Å². The molecule has 1 saturated heterocycles. The zero-order valence-corrected chi connectivity index (χ0v) is 16.0. The largest absolute Gasteiger partial charge is 0.373 e. The molecular weight excluding hydrogens is 342 g/mol. The molecule has 1 heterocycles. The van der Waals surface area contributed by atoms with Gasteiger partial charge in [0, 0.05) is 38.8 Å². The fraction of sp³-hybridized carbons (Fsp3) is 0.588. The Bertz CT molecular complexity index is 711. The second-order valence-corrected chi connectivity index (χ2v) is 8.31. The average Bonchev–Trinajstić information content (AvgIpc) is 2.47. The molecule has 1 aromatic rings. The number of benzene rings is 1. The van der Waals surface area contributed by atoms with Gasteiger partial charge < -0.3 is 10.1 Å². The monoisotopic (exact) mass is 369 g/mol. The summed E-state index contributed by atoms with van der Waals surface area (Å²) in [6.45, 7) is 9.70. The minimum absolute atomic E-state index is 0.150. The van der Waals surface area contributed by atoms with E-state index in [1.807, 2.05) is 13.8 Å². The number of sulfonamides is 1. The van der Waals surface area contributed by atoms with Gasteiger partial charge in [0.25, 0.3) is 0 Å². The number of rotatable bonds is 6. The number of aryl methyl sites for hydroxylation is 1. The van der Waals surface area contributed by atoms with Crippen molar-refractivity contribution in [3.05, 3.63) is 23.8 Å². The van der Waals surface area contributed by atoms with Crippen molar-refractivity contribution in [2.75, 3.05) is 31.5 Å². The molecule has 0 spiro atoms. The highest BCUT2D eigenvalue weighted by atomic mass is 32.2. The van der Waals surface area contributed by atoms with Crippen LogP contribution in [0.3, 0.4) is 0 Å². The summed E-state index contributed by atoms with van der Waals surface area (Å²) in [5.41, 5.74) is 1.10. The molecule has 1 aliphatic rings. The lowest BCUT2D eigenvalue weighted by atomic mass is 10.2. The second kappa shape index (κ2) is 8.27. The van der Waals surface area contributed by atoms with E-state index >= 15 is 0 Å². The smallest absolute Gasteiger partial charge is 0.240 e. The first-order valence-electron chi connectivity index (χ1n) is 8.43. The first-order chi connectivity index (χ1) is 11.7. The Morgan fingerprint density at radius 1 is 1.28 bits per heavy atom. The molecule has 1 aromatic carbocycles. The van der Waals surface area contributed by atoms with Crippen LogP contribution in [0, 0.1) is 6.92 Å². The van der Waals surface area contributed by atoms with E-state index in [1.54, 1.807) is 19.1 Å². The van der Waals surface area contributed by atoms with Gasteiger partial charge in [-0.05, 0) is 38.5 Å². The van der Waals surface area contributed by atoms with E-state index in [0.717, 1.165) is 13.1 Å². The molecule has 140 valence electrons. The predicted molar refractivity (Wildman–Crippen MR) is 97.1 cm³/mol. The third kappa shape index (κ3) is 5.78. The normalized spacial score (nSPS) is 21.9. The van der Waals surface area contributed by atoms with Crippen LogP contribution in [-0.4, -0.2) is 57.6 Å². The van der Waals surface area contributed by atoms with Crippen molar-refractivity contribution >= 4 is 21.6 Å². The number of ether oxygens (including phenoxy) is 1. The molecular formula is C17H27N3O4S. The third-order valence-electron chi connectivity index (χ3n) is 4.01. The van der Waals surface area contributed by atoms with Crippen molar-refractivity contribution in [3.8, 4) is 0 Å². The summed E-state index contributed by atoms with van der Waals surface area (Å²) in [5.74, 6) is -0.240. The number of carbonyl (C=O) groups excluding carboxylic acids is 1. The Hall–Kier alpha value is -1.48. The Labute approximate surface area is 149 Å². The maximum atomic E-state index is 12.6. The summed E-state index contributed by atoms with van der Waals surface area (Å²) in [7, 11) is -3.64. The Kier molecular flexibility index (Phi) is 6.56. The molecule has 0 aromatic heterocycles. The van der Waals surface area contributed by atoms with E-state index in [0.29, 0.717) is 24.3 Å². The molecule has 8 heteroatoms. The summed E-state index contributed by atoms with van der Waals surface area (Å²) in [6.07, 6.45) is 0.300. The zero-order chi connectivity index (χ0) is 18.6. The van der Waals surface area contributed by atoms with Crippen molar-refractivity contribution in [2.24, 2.45) is 0 Å². The van der Waals surface area contributed by atoms with Crippen LogP contribution in [0.4, 0.5) is 5.69 Å². The first-order valence-corrected chi connectivity index (χ1v) is 9.91. The van der Waals surface area contributed by atoms with Crippen LogP contribution in [0.2, 0.25) is 0 Å². The summed E-state index contributed by atoms with van der Waals surface area (Å²) in [6, 6.07) is 4.86. The van der Waals surface area contributed by atoms with Crippen LogP contribution in [0.15, 0.2) is 23.1 Å². The SMILES string of the molecule is CC(=O)Nc1ccc(C)c(S(=O)(=O)NCCN2CC(C)OC(C)C2)c1. The summed E-state index contributed by atoms with van der Waals surface area (Å²) in [5, 5.41) is 2.61. The number of hydrogen-bond donors (Lipinski definition) is 2. The van der Waals surface area contributed by atoms with E-state index in [1.165, 1.54) is 13.0 Å². The van der Waals surface area contributed by atoms with Crippen LogP contribution in [0.1, 0.15) is 26.3 Å². The standard InChI is InChI=1S/C17H27N3O4S/c1-12-5-6-16(19-15(4)21)9-17(12)25(22,23)18-7-8-20-10-13(2)24-14(3)11-20/h5-6,9,13-14,18H,7-8,10-11H2,1-4H3,(H,19,21). The number of amides is 1. The van der Waals surface area contributed by atoms with E-state index < -0.39 is 10.0 Å². The van der Waals surface area contributed by atoms with Gasteiger partial charge in [-0.1, -0.05) is 6.07 Å². The number of carbonyl (C=O) groups is 1. The van der Waals surface area contributed by atoms with Gasteiger partial charge in [0.1, 0.15) is 0 Å². The van der Waals surface area contributed by atoms with Gasteiger partial charge in [-0.2, -0.15) is 0 Å². The van der Waals surface area contributed by atoms with E-state index in [2.05, 4.69) is 14.9 Å². The highest BCUT2D eigenvalue weighted by molar-refractivity contribution is 7.89. The lowest BCUT2D eigenvalue weighted by molar-refractivity contribution is -0.114. The van der Waals surface area contributed by atoms with Gasteiger partial charge in [0.05, 0.1) is 17.1 Å². The molecule has 1 aliphatic heterocycles. The van der Waals surface area contributed by atoms with Crippen molar-refractivity contribution in [1.29, 1.82) is 0 Å². The predicted octanol–water partition coefficient (Wildman–Crippen LogP) is 1.34. The first kappa shape index (κ1) is 19.8. The Morgan fingerprint density at radius 2 is 1.92 bits per heavy atom. The zero-order valence-electron chi connectivity index (χ0n) is 15.2. The molecule has 7 nitrogen and oxygen atoms in total. The van der Waals surface area contributed by atoms with Gasteiger partial charge in [0.2, 0.25) is 15.9 Å². The molecule has 0 bridgehead atoms. The van der Waals surface area contributed by atoms with Crippen LogP contribution in [0.25, 0.3) is 0 Å². The van der Waals surface area contributed by atoms with Crippen LogP contribution < -0.4 is 10.0 Å². The van der Waals surface area contributed by atoms with Crippen LogP contribution in [-0.2, 0) is 19.6 Å². The third-order valence-corrected chi connectivity index (χ3v) is 5.62. The van der Waals surface area contributed by atoms with E-state index in [4.69, 9.17) is 4.74 Å². The van der Waals surface area contributed by atoms with Gasteiger partial charge in [0.15, 0.2) is 0 Å². The van der Waals surface area contributed by atoms with Crippen LogP contribution >= 0.6 is 0 Å². The number of anilines is 1. The maximum Gasteiger partial charge on any atom is 0.240 e. The van der Waals surface area contributed by atoms with Crippen molar-refractivity contribution in [1.82, 2.24) is 9.62 Å². The quantitative estimate of drug-likeness (QED) is 0.790. The fourth-order valence-electron chi connectivity index (χ4n) is 3.05. The van der Waals surface area contributed by atoms with E-state index in [-0.39, 0.29) is 23.0 Å². The van der Waals surface area contributed by atoms with Gasteiger partial charge in [-0.25, -0.2) is 13.1 Å². The number of nitrogens with one attached hydrogen (secondary N) is 2.